The number of nitrogens with zero attached hydrogens (tertiary/aromatic N) is 2. The maximum absolute atomic E-state index is 14.5. The van der Waals surface area contributed by atoms with Crippen LogP contribution in [0.15, 0.2) is 42.5 Å². The number of methoxy groups -OCH3 is 2. The van der Waals surface area contributed by atoms with E-state index in [4.69, 9.17) is 18.9 Å². The van der Waals surface area contributed by atoms with Gasteiger partial charge in [-0.05, 0) is 82.9 Å². The Morgan fingerprint density at radius 1 is 0.854 bits per heavy atom. The van der Waals surface area contributed by atoms with Gasteiger partial charge in [0.25, 0.3) is 0 Å². The fourth-order valence-corrected chi connectivity index (χ4v) is 7.15. The van der Waals surface area contributed by atoms with Gasteiger partial charge in [-0.15, -0.1) is 11.3 Å². The van der Waals surface area contributed by atoms with Crippen LogP contribution in [-0.2, 0) is 56.5 Å². The normalized spacial score (nSPS) is 16.1. The Balaban J connectivity index is 1.53. The highest BCUT2D eigenvalue weighted by Gasteiger charge is 2.41. The minimum atomic E-state index is -1.07. The standard InChI is InChI=1S/C36H43N3O8S/c1-35(2,3)46-33(42)29-24-16-26(32(41)39-18-22-10-9-11-27(45-8)25(22)19-39)38(17-21-12-14-23(44-7)15-13-21)20-28(24)48-31(29)37-30(40)34(43)47-36(4,5)6/h9-15,26H,16-20H2,1-8H3,(H,37,40). The molecular formula is C36H43N3O8S. The van der Waals surface area contributed by atoms with E-state index >= 15 is 0 Å². The smallest absolute Gasteiger partial charge is 0.397 e. The molecule has 0 bridgehead atoms. The lowest BCUT2D eigenvalue weighted by atomic mass is 9.94. The molecular weight excluding hydrogens is 634 g/mol. The van der Waals surface area contributed by atoms with Crippen LogP contribution in [0.5, 0.6) is 11.5 Å². The highest BCUT2D eigenvalue weighted by Crippen LogP contribution is 2.41. The van der Waals surface area contributed by atoms with Crippen LogP contribution >= 0.6 is 11.3 Å². The molecule has 1 atom stereocenters. The van der Waals surface area contributed by atoms with Crippen molar-refractivity contribution in [3.8, 4) is 11.5 Å². The first-order valence-electron chi connectivity index (χ1n) is 15.8. The van der Waals surface area contributed by atoms with Crippen molar-refractivity contribution in [3.05, 3.63) is 75.2 Å². The summed E-state index contributed by atoms with van der Waals surface area (Å²) in [7, 11) is 3.23. The second-order valence-corrected chi connectivity index (χ2v) is 15.0. The Hall–Kier alpha value is -4.42. The van der Waals surface area contributed by atoms with Gasteiger partial charge in [-0.25, -0.2) is 9.59 Å². The number of ether oxygens (including phenoxy) is 4. The van der Waals surface area contributed by atoms with Crippen LogP contribution < -0.4 is 14.8 Å². The Labute approximate surface area is 285 Å². The van der Waals surface area contributed by atoms with E-state index in [-0.39, 0.29) is 22.9 Å². The minimum absolute atomic E-state index is 0.0897. The third kappa shape index (κ3) is 7.82. The number of rotatable bonds is 7. The number of hydrogen-bond acceptors (Lipinski definition) is 10. The predicted octanol–water partition coefficient (Wildman–Crippen LogP) is 5.47. The lowest BCUT2D eigenvalue weighted by Gasteiger charge is -2.37. The van der Waals surface area contributed by atoms with Crippen LogP contribution in [0.2, 0.25) is 0 Å². The van der Waals surface area contributed by atoms with Crippen molar-refractivity contribution in [2.24, 2.45) is 0 Å². The molecule has 3 heterocycles. The number of nitrogens with one attached hydrogen (secondary N) is 1. The van der Waals surface area contributed by atoms with Gasteiger partial charge in [-0.2, -0.15) is 0 Å². The fourth-order valence-electron chi connectivity index (χ4n) is 5.91. The number of esters is 2. The average Bonchev–Trinajstić information content (AvgIpc) is 3.60. The van der Waals surface area contributed by atoms with Gasteiger partial charge in [0.05, 0.1) is 32.4 Å². The molecule has 0 saturated heterocycles. The third-order valence-electron chi connectivity index (χ3n) is 7.99. The highest BCUT2D eigenvalue weighted by atomic mass is 32.1. The zero-order valence-electron chi connectivity index (χ0n) is 28.7. The Kier molecular flexibility index (Phi) is 9.89. The summed E-state index contributed by atoms with van der Waals surface area (Å²) in [5.74, 6) is -1.34. The zero-order valence-corrected chi connectivity index (χ0v) is 29.5. The molecule has 2 aliphatic rings. The van der Waals surface area contributed by atoms with E-state index in [2.05, 4.69) is 10.2 Å². The molecule has 2 aliphatic heterocycles. The number of fused-ring (bicyclic) bond motifs is 2. The molecule has 11 nitrogen and oxygen atoms in total. The van der Waals surface area contributed by atoms with Gasteiger partial charge in [-0.3, -0.25) is 14.5 Å². The SMILES string of the molecule is COc1ccc(CN2Cc3sc(NC(=O)C(=O)OC(C)(C)C)c(C(=O)OC(C)(C)C)c3CC2C(=O)N2Cc3cccc(OC)c3C2)cc1. The zero-order chi connectivity index (χ0) is 35.0. The Morgan fingerprint density at radius 3 is 2.17 bits per heavy atom. The van der Waals surface area contributed by atoms with Gasteiger partial charge in [0, 0.05) is 30.1 Å². The molecule has 0 aliphatic carbocycles. The first-order valence-corrected chi connectivity index (χ1v) is 16.6. The van der Waals surface area contributed by atoms with Crippen molar-refractivity contribution >= 4 is 40.1 Å². The maximum Gasteiger partial charge on any atom is 0.397 e. The topological polar surface area (TPSA) is 124 Å². The van der Waals surface area contributed by atoms with E-state index in [0.29, 0.717) is 31.7 Å². The molecule has 48 heavy (non-hydrogen) atoms. The molecule has 0 spiro atoms. The molecule has 2 amide bonds. The number of benzene rings is 2. The van der Waals surface area contributed by atoms with Crippen LogP contribution in [0.4, 0.5) is 5.00 Å². The van der Waals surface area contributed by atoms with Crippen molar-refractivity contribution in [1.29, 1.82) is 0 Å². The second-order valence-electron chi connectivity index (χ2n) is 13.9. The summed E-state index contributed by atoms with van der Waals surface area (Å²) >= 11 is 1.20. The van der Waals surface area contributed by atoms with Crippen molar-refractivity contribution in [2.75, 3.05) is 19.5 Å². The summed E-state index contributed by atoms with van der Waals surface area (Å²) in [6, 6.07) is 12.8. The molecule has 12 heteroatoms. The summed E-state index contributed by atoms with van der Waals surface area (Å²) in [6.07, 6.45) is 0.196. The number of carbonyl (C=O) groups excluding carboxylic acids is 4. The average molecular weight is 678 g/mol. The van der Waals surface area contributed by atoms with E-state index in [1.807, 2.05) is 47.4 Å². The monoisotopic (exact) mass is 677 g/mol. The molecule has 3 aromatic rings. The van der Waals surface area contributed by atoms with E-state index in [1.165, 1.54) is 11.3 Å². The lowest BCUT2D eigenvalue weighted by molar-refractivity contribution is -0.161. The molecule has 2 aromatic carbocycles. The molecule has 1 aromatic heterocycles. The van der Waals surface area contributed by atoms with Gasteiger partial charge < -0.3 is 29.2 Å². The molecule has 0 radical (unpaired) electrons. The summed E-state index contributed by atoms with van der Waals surface area (Å²) in [6.45, 7) is 11.9. The van der Waals surface area contributed by atoms with Crippen molar-refractivity contribution in [1.82, 2.24) is 9.80 Å². The van der Waals surface area contributed by atoms with Gasteiger partial charge in [0.15, 0.2) is 0 Å². The van der Waals surface area contributed by atoms with Gasteiger partial charge >= 0.3 is 17.8 Å². The molecule has 256 valence electrons. The van der Waals surface area contributed by atoms with Crippen LogP contribution in [0.25, 0.3) is 0 Å². The van der Waals surface area contributed by atoms with Gasteiger partial charge in [-0.1, -0.05) is 24.3 Å². The number of hydrogen-bond donors (Lipinski definition) is 1. The lowest BCUT2D eigenvalue weighted by Crippen LogP contribution is -2.50. The van der Waals surface area contributed by atoms with E-state index < -0.39 is 35.1 Å². The highest BCUT2D eigenvalue weighted by molar-refractivity contribution is 7.17. The summed E-state index contributed by atoms with van der Waals surface area (Å²) in [4.78, 5) is 58.6. The maximum atomic E-state index is 14.5. The van der Waals surface area contributed by atoms with Crippen LogP contribution in [0.3, 0.4) is 0 Å². The van der Waals surface area contributed by atoms with Crippen LogP contribution in [0.1, 0.15) is 79.0 Å². The van der Waals surface area contributed by atoms with Crippen molar-refractivity contribution in [3.63, 3.8) is 0 Å². The van der Waals surface area contributed by atoms with Crippen LogP contribution in [-0.4, -0.2) is 65.0 Å². The largest absolute Gasteiger partial charge is 0.497 e. The first kappa shape index (κ1) is 34.9. The Morgan fingerprint density at radius 2 is 1.54 bits per heavy atom. The second kappa shape index (κ2) is 13.6. The van der Waals surface area contributed by atoms with E-state index in [9.17, 15) is 19.2 Å². The molecule has 5 rings (SSSR count). The number of thiophene rings is 1. The summed E-state index contributed by atoms with van der Waals surface area (Å²) in [5, 5.41) is 2.80. The fraction of sp³-hybridized carbons (Fsp3) is 0.444. The van der Waals surface area contributed by atoms with Crippen molar-refractivity contribution in [2.45, 2.75) is 91.4 Å². The van der Waals surface area contributed by atoms with Crippen molar-refractivity contribution < 1.29 is 38.1 Å². The Bertz CT molecular complexity index is 1720. The van der Waals surface area contributed by atoms with Gasteiger partial charge in [0.2, 0.25) is 5.91 Å². The quantitative estimate of drug-likeness (QED) is 0.256. The van der Waals surface area contributed by atoms with E-state index in [0.717, 1.165) is 33.1 Å². The number of carbonyl (C=O) groups is 4. The summed E-state index contributed by atoms with van der Waals surface area (Å²) < 4.78 is 22.0. The van der Waals surface area contributed by atoms with Crippen LogP contribution in [0, 0.1) is 0 Å². The minimum Gasteiger partial charge on any atom is -0.497 e. The first-order chi connectivity index (χ1) is 22.6. The predicted molar refractivity (Wildman–Crippen MR) is 181 cm³/mol. The number of amides is 2. The third-order valence-corrected chi connectivity index (χ3v) is 9.12. The summed E-state index contributed by atoms with van der Waals surface area (Å²) in [5.41, 5.74) is 2.03. The molecule has 1 N–H and O–H groups in total. The van der Waals surface area contributed by atoms with E-state index in [1.54, 1.807) is 55.8 Å². The molecule has 0 fully saturated rings. The number of anilines is 1. The molecule has 0 saturated carbocycles. The molecule has 1 unspecified atom stereocenters. The van der Waals surface area contributed by atoms with Gasteiger partial charge in [0.1, 0.15) is 27.7 Å².